The van der Waals surface area contributed by atoms with Crippen LogP contribution < -0.4 is 10.5 Å². The van der Waals surface area contributed by atoms with Crippen molar-refractivity contribution in [3.8, 4) is 27.6 Å². The number of benzene rings is 2. The van der Waals surface area contributed by atoms with E-state index in [0.29, 0.717) is 6.61 Å². The van der Waals surface area contributed by atoms with Crippen LogP contribution in [0.5, 0.6) is 5.75 Å². The highest BCUT2D eigenvalue weighted by Crippen LogP contribution is 2.32. The molecule has 0 unspecified atom stereocenters. The van der Waals surface area contributed by atoms with Crippen molar-refractivity contribution in [1.82, 2.24) is 4.98 Å². The quantitative estimate of drug-likeness (QED) is 0.723. The van der Waals surface area contributed by atoms with E-state index < -0.39 is 0 Å². The molecule has 0 saturated carbocycles. The van der Waals surface area contributed by atoms with Crippen LogP contribution >= 0.6 is 11.3 Å². The topological polar surface area (TPSA) is 48.1 Å². The second kappa shape index (κ2) is 5.97. The Hall–Kier alpha value is -2.33. The number of hydrogen-bond acceptors (Lipinski definition) is 4. The molecule has 2 N–H and O–H groups in total. The Morgan fingerprint density at radius 1 is 1.14 bits per heavy atom. The average molecular weight is 296 g/mol. The fourth-order valence-corrected chi connectivity index (χ4v) is 2.96. The van der Waals surface area contributed by atoms with E-state index in [1.807, 2.05) is 60.8 Å². The number of rotatable bonds is 4. The van der Waals surface area contributed by atoms with Crippen LogP contribution in [0, 0.1) is 0 Å². The molecule has 1 aromatic heterocycles. The molecule has 3 rings (SSSR count). The molecule has 1 heterocycles. The van der Waals surface area contributed by atoms with Gasteiger partial charge in [-0.1, -0.05) is 30.3 Å². The van der Waals surface area contributed by atoms with Crippen molar-refractivity contribution in [2.75, 3.05) is 12.3 Å². The second-order valence-electron chi connectivity index (χ2n) is 4.59. The third kappa shape index (κ3) is 2.90. The van der Waals surface area contributed by atoms with Gasteiger partial charge in [0.15, 0.2) is 0 Å². The lowest BCUT2D eigenvalue weighted by Crippen LogP contribution is -1.91. The second-order valence-corrected chi connectivity index (χ2v) is 5.44. The van der Waals surface area contributed by atoms with E-state index in [1.165, 1.54) is 0 Å². The van der Waals surface area contributed by atoms with Gasteiger partial charge in [-0.2, -0.15) is 0 Å². The molecule has 3 aromatic rings. The molecular weight excluding hydrogens is 280 g/mol. The Bertz CT molecular complexity index is 752. The molecule has 0 saturated heterocycles. The van der Waals surface area contributed by atoms with E-state index in [0.717, 1.165) is 33.3 Å². The molecule has 0 fully saturated rings. The summed E-state index contributed by atoms with van der Waals surface area (Å²) < 4.78 is 5.54. The van der Waals surface area contributed by atoms with Crippen LogP contribution in [-0.4, -0.2) is 11.6 Å². The van der Waals surface area contributed by atoms with Crippen molar-refractivity contribution in [2.45, 2.75) is 6.92 Å². The standard InChI is InChI=1S/C17H16N2OS/c1-2-20-13-7-5-6-12(10-13)17-19-16(11-21-17)14-8-3-4-9-15(14)18/h3-11H,2,18H2,1H3. The van der Waals surface area contributed by atoms with Gasteiger partial charge in [0.25, 0.3) is 0 Å². The van der Waals surface area contributed by atoms with E-state index in [1.54, 1.807) is 11.3 Å². The highest BCUT2D eigenvalue weighted by atomic mass is 32.1. The van der Waals surface area contributed by atoms with Crippen molar-refractivity contribution < 1.29 is 4.74 Å². The van der Waals surface area contributed by atoms with E-state index in [2.05, 4.69) is 0 Å². The molecule has 0 atom stereocenters. The lowest BCUT2D eigenvalue weighted by Gasteiger charge is -2.04. The van der Waals surface area contributed by atoms with Gasteiger partial charge < -0.3 is 10.5 Å². The maximum atomic E-state index is 6.01. The summed E-state index contributed by atoms with van der Waals surface area (Å²) in [6.07, 6.45) is 0. The van der Waals surface area contributed by atoms with Gasteiger partial charge in [0.2, 0.25) is 0 Å². The van der Waals surface area contributed by atoms with Crippen molar-refractivity contribution in [3.63, 3.8) is 0 Å². The van der Waals surface area contributed by atoms with Gasteiger partial charge in [-0.15, -0.1) is 11.3 Å². The Kier molecular flexibility index (Phi) is 3.88. The number of anilines is 1. The first-order valence-electron chi connectivity index (χ1n) is 6.81. The molecule has 0 aliphatic rings. The first-order chi connectivity index (χ1) is 10.3. The average Bonchev–Trinajstić information content (AvgIpc) is 2.98. The lowest BCUT2D eigenvalue weighted by molar-refractivity contribution is 0.340. The van der Waals surface area contributed by atoms with Gasteiger partial charge in [-0.05, 0) is 25.1 Å². The number of ether oxygens (including phenoxy) is 1. The van der Waals surface area contributed by atoms with E-state index in [-0.39, 0.29) is 0 Å². The number of nitrogen functional groups attached to an aromatic ring is 1. The van der Waals surface area contributed by atoms with Crippen LogP contribution in [0.1, 0.15) is 6.92 Å². The van der Waals surface area contributed by atoms with Crippen LogP contribution in [-0.2, 0) is 0 Å². The summed E-state index contributed by atoms with van der Waals surface area (Å²) in [6.45, 7) is 2.64. The maximum Gasteiger partial charge on any atom is 0.124 e. The summed E-state index contributed by atoms with van der Waals surface area (Å²) in [5, 5.41) is 3.00. The zero-order chi connectivity index (χ0) is 14.7. The molecule has 0 amide bonds. The fraction of sp³-hybridized carbons (Fsp3) is 0.118. The van der Waals surface area contributed by atoms with Gasteiger partial charge in [0.05, 0.1) is 12.3 Å². The van der Waals surface area contributed by atoms with E-state index >= 15 is 0 Å². The molecule has 21 heavy (non-hydrogen) atoms. The molecule has 2 aromatic carbocycles. The SMILES string of the molecule is CCOc1cccc(-c2nc(-c3ccccc3N)cs2)c1. The number of aromatic nitrogens is 1. The highest BCUT2D eigenvalue weighted by molar-refractivity contribution is 7.13. The molecule has 0 aliphatic heterocycles. The third-order valence-corrected chi connectivity index (χ3v) is 4.02. The summed E-state index contributed by atoms with van der Waals surface area (Å²) in [5.74, 6) is 0.867. The molecular formula is C17H16N2OS. The number of hydrogen-bond donors (Lipinski definition) is 1. The molecule has 106 valence electrons. The van der Waals surface area contributed by atoms with Crippen LogP contribution in [0.4, 0.5) is 5.69 Å². The number of para-hydroxylation sites is 1. The van der Waals surface area contributed by atoms with Crippen molar-refractivity contribution in [2.24, 2.45) is 0 Å². The summed E-state index contributed by atoms with van der Waals surface area (Å²) in [5.41, 5.74) is 9.70. The molecule has 0 spiro atoms. The Morgan fingerprint density at radius 2 is 2.00 bits per heavy atom. The number of nitrogens with zero attached hydrogens (tertiary/aromatic N) is 1. The van der Waals surface area contributed by atoms with Gasteiger partial charge >= 0.3 is 0 Å². The fourth-order valence-electron chi connectivity index (χ4n) is 2.15. The zero-order valence-corrected chi connectivity index (χ0v) is 12.6. The lowest BCUT2D eigenvalue weighted by atomic mass is 10.1. The van der Waals surface area contributed by atoms with E-state index in [4.69, 9.17) is 15.5 Å². The molecule has 3 nitrogen and oxygen atoms in total. The highest BCUT2D eigenvalue weighted by Gasteiger charge is 2.09. The molecule has 4 heteroatoms. The first kappa shape index (κ1) is 13.6. The number of thiazole rings is 1. The summed E-state index contributed by atoms with van der Waals surface area (Å²) in [4.78, 5) is 4.70. The summed E-state index contributed by atoms with van der Waals surface area (Å²) >= 11 is 1.61. The minimum atomic E-state index is 0.660. The molecule has 0 bridgehead atoms. The van der Waals surface area contributed by atoms with Crippen LogP contribution in [0.2, 0.25) is 0 Å². The van der Waals surface area contributed by atoms with Crippen molar-refractivity contribution in [3.05, 3.63) is 53.9 Å². The summed E-state index contributed by atoms with van der Waals surface area (Å²) in [7, 11) is 0. The first-order valence-corrected chi connectivity index (χ1v) is 7.69. The predicted octanol–water partition coefficient (Wildman–Crippen LogP) is 4.46. The largest absolute Gasteiger partial charge is 0.494 e. The molecule has 0 radical (unpaired) electrons. The van der Waals surface area contributed by atoms with Gasteiger partial charge in [-0.25, -0.2) is 4.98 Å². The maximum absolute atomic E-state index is 6.01. The van der Waals surface area contributed by atoms with Crippen LogP contribution in [0.3, 0.4) is 0 Å². The van der Waals surface area contributed by atoms with Crippen LogP contribution in [0.25, 0.3) is 21.8 Å². The summed E-state index contributed by atoms with van der Waals surface area (Å²) in [6, 6.07) is 15.8. The normalized spacial score (nSPS) is 10.5. The van der Waals surface area contributed by atoms with Crippen molar-refractivity contribution in [1.29, 1.82) is 0 Å². The zero-order valence-electron chi connectivity index (χ0n) is 11.7. The minimum Gasteiger partial charge on any atom is -0.494 e. The van der Waals surface area contributed by atoms with Gasteiger partial charge in [0.1, 0.15) is 10.8 Å². The van der Waals surface area contributed by atoms with Gasteiger partial charge in [-0.3, -0.25) is 0 Å². The van der Waals surface area contributed by atoms with Crippen molar-refractivity contribution >= 4 is 17.0 Å². The van der Waals surface area contributed by atoms with E-state index in [9.17, 15) is 0 Å². The minimum absolute atomic E-state index is 0.660. The molecule has 0 aliphatic carbocycles. The van der Waals surface area contributed by atoms with Gasteiger partial charge in [0, 0.05) is 22.2 Å². The Labute approximate surface area is 128 Å². The smallest absolute Gasteiger partial charge is 0.124 e. The predicted molar refractivity (Wildman–Crippen MR) is 88.6 cm³/mol. The third-order valence-electron chi connectivity index (χ3n) is 3.13. The Balaban J connectivity index is 1.95. The van der Waals surface area contributed by atoms with Crippen LogP contribution in [0.15, 0.2) is 53.9 Å². The monoisotopic (exact) mass is 296 g/mol. The number of nitrogens with two attached hydrogens (primary N) is 1. The Morgan fingerprint density at radius 3 is 2.81 bits per heavy atom.